The van der Waals surface area contributed by atoms with Gasteiger partial charge in [0.2, 0.25) is 0 Å². The number of fused-ring (bicyclic) bond motifs is 3. The minimum Gasteiger partial charge on any atom is -0.489 e. The van der Waals surface area contributed by atoms with Crippen molar-refractivity contribution in [2.24, 2.45) is 5.92 Å². The minimum absolute atomic E-state index is 0.0175. The maximum Gasteiger partial charge on any atom is 0.416 e. The third kappa shape index (κ3) is 2.96. The Morgan fingerprint density at radius 3 is 2.65 bits per heavy atom. The molecule has 1 aliphatic carbocycles. The summed E-state index contributed by atoms with van der Waals surface area (Å²) >= 11 is 5.89. The van der Waals surface area contributed by atoms with Crippen molar-refractivity contribution < 1.29 is 32.5 Å². The molecule has 0 bridgehead atoms. The zero-order valence-corrected chi connectivity index (χ0v) is 13.8. The van der Waals surface area contributed by atoms with Crippen molar-refractivity contribution in [1.29, 1.82) is 0 Å². The van der Waals surface area contributed by atoms with Gasteiger partial charge in [0.15, 0.2) is 0 Å². The molecule has 0 aromatic heterocycles. The van der Waals surface area contributed by atoms with Crippen LogP contribution in [0.4, 0.5) is 13.2 Å². The quantitative estimate of drug-likeness (QED) is 0.796. The summed E-state index contributed by atoms with van der Waals surface area (Å²) in [5.41, 5.74) is 0.0730. The first-order valence-electron chi connectivity index (χ1n) is 7.81. The predicted molar refractivity (Wildman–Crippen MR) is 85.9 cm³/mol. The van der Waals surface area contributed by atoms with Gasteiger partial charge >= 0.3 is 12.1 Å². The molecule has 4 rings (SSSR count). The SMILES string of the molecule is O=C(O)C[C@@H]1[C@H]2Oc3cc(Oc4ccc(C(F)(F)F)cc4Cl)ccc3[C@H]12. The van der Waals surface area contributed by atoms with Crippen molar-refractivity contribution in [3.63, 3.8) is 0 Å². The molecule has 0 radical (unpaired) electrons. The van der Waals surface area contributed by atoms with Crippen LogP contribution in [0, 0.1) is 5.92 Å². The first-order chi connectivity index (χ1) is 12.2. The van der Waals surface area contributed by atoms with Crippen LogP contribution in [0.3, 0.4) is 0 Å². The van der Waals surface area contributed by atoms with E-state index >= 15 is 0 Å². The van der Waals surface area contributed by atoms with Gasteiger partial charge in [-0.3, -0.25) is 4.79 Å². The summed E-state index contributed by atoms with van der Waals surface area (Å²) in [5.74, 6) is 0.280. The number of aliphatic carboxylic acids is 1. The molecule has 1 heterocycles. The summed E-state index contributed by atoms with van der Waals surface area (Å²) in [7, 11) is 0. The van der Waals surface area contributed by atoms with Crippen molar-refractivity contribution in [1.82, 2.24) is 0 Å². The molecule has 4 nitrogen and oxygen atoms in total. The molecule has 1 saturated carbocycles. The van der Waals surface area contributed by atoms with E-state index in [1.54, 1.807) is 18.2 Å². The fourth-order valence-corrected chi connectivity index (χ4v) is 3.56. The maximum absolute atomic E-state index is 12.7. The fourth-order valence-electron chi connectivity index (χ4n) is 3.34. The lowest BCUT2D eigenvalue weighted by atomic mass is 10.1. The molecule has 0 spiro atoms. The van der Waals surface area contributed by atoms with Gasteiger partial charge in [-0.15, -0.1) is 0 Å². The largest absolute Gasteiger partial charge is 0.489 e. The van der Waals surface area contributed by atoms with Gasteiger partial charge in [-0.2, -0.15) is 13.2 Å². The highest BCUT2D eigenvalue weighted by Crippen LogP contribution is 2.60. The highest BCUT2D eigenvalue weighted by Gasteiger charge is 2.59. The van der Waals surface area contributed by atoms with E-state index in [1.807, 2.05) is 0 Å². The monoisotopic (exact) mass is 384 g/mol. The molecule has 0 unspecified atom stereocenters. The van der Waals surface area contributed by atoms with E-state index in [-0.39, 0.29) is 35.1 Å². The highest BCUT2D eigenvalue weighted by molar-refractivity contribution is 6.32. The van der Waals surface area contributed by atoms with Crippen molar-refractivity contribution in [3.8, 4) is 17.2 Å². The van der Waals surface area contributed by atoms with Crippen LogP contribution in [0.15, 0.2) is 36.4 Å². The zero-order chi connectivity index (χ0) is 18.6. The fraction of sp³-hybridized carbons (Fsp3) is 0.278. The average molecular weight is 385 g/mol. The molecule has 1 fully saturated rings. The summed E-state index contributed by atoms with van der Waals surface area (Å²) in [6.07, 6.45) is -4.54. The van der Waals surface area contributed by atoms with E-state index in [4.69, 9.17) is 26.2 Å². The van der Waals surface area contributed by atoms with Gasteiger partial charge in [-0.25, -0.2) is 0 Å². The molecular weight excluding hydrogens is 373 g/mol. The van der Waals surface area contributed by atoms with E-state index < -0.39 is 17.7 Å². The number of benzene rings is 2. The van der Waals surface area contributed by atoms with Crippen molar-refractivity contribution in [2.75, 3.05) is 0 Å². The number of hydrogen-bond acceptors (Lipinski definition) is 3. The lowest BCUT2D eigenvalue weighted by molar-refractivity contribution is -0.138. The van der Waals surface area contributed by atoms with E-state index in [9.17, 15) is 18.0 Å². The summed E-state index contributed by atoms with van der Waals surface area (Å²) < 4.78 is 49.3. The lowest BCUT2D eigenvalue weighted by Crippen LogP contribution is -2.05. The van der Waals surface area contributed by atoms with E-state index in [1.165, 1.54) is 6.07 Å². The topological polar surface area (TPSA) is 55.8 Å². The zero-order valence-electron chi connectivity index (χ0n) is 13.1. The standard InChI is InChI=1S/C18H12ClF3O4/c19-12-5-8(18(20,21)22)1-4-13(12)25-9-2-3-10-14(6-9)26-17-11(16(10)17)7-15(23)24/h1-6,11,16-17H,7H2,(H,23,24)/t11-,16+,17+/m0/s1. The van der Waals surface area contributed by atoms with Crippen molar-refractivity contribution in [3.05, 3.63) is 52.5 Å². The number of carbonyl (C=O) groups is 1. The van der Waals surface area contributed by atoms with E-state index in [2.05, 4.69) is 0 Å². The van der Waals surface area contributed by atoms with Crippen molar-refractivity contribution in [2.45, 2.75) is 24.6 Å². The second-order valence-electron chi connectivity index (χ2n) is 6.31. The second kappa shape index (κ2) is 5.81. The molecule has 136 valence electrons. The Labute approximate surface area is 151 Å². The van der Waals surface area contributed by atoms with Gasteiger partial charge in [0.1, 0.15) is 23.4 Å². The predicted octanol–water partition coefficient (Wildman–Crippen LogP) is 5.10. The van der Waals surface area contributed by atoms with Crippen LogP contribution in [0.2, 0.25) is 5.02 Å². The summed E-state index contributed by atoms with van der Waals surface area (Å²) in [6.45, 7) is 0. The number of halogens is 4. The molecule has 2 aromatic rings. The lowest BCUT2D eigenvalue weighted by Gasteiger charge is -2.13. The molecular formula is C18H12ClF3O4. The smallest absolute Gasteiger partial charge is 0.416 e. The van der Waals surface area contributed by atoms with Gasteiger partial charge in [0.25, 0.3) is 0 Å². The Hall–Kier alpha value is -2.41. The third-order valence-corrected chi connectivity index (χ3v) is 4.90. The molecule has 26 heavy (non-hydrogen) atoms. The Kier molecular flexibility index (Phi) is 3.80. The molecule has 0 saturated heterocycles. The molecule has 8 heteroatoms. The van der Waals surface area contributed by atoms with Crippen LogP contribution in [0.1, 0.15) is 23.5 Å². The van der Waals surface area contributed by atoms with Crippen LogP contribution < -0.4 is 9.47 Å². The summed E-state index contributed by atoms with van der Waals surface area (Å²) in [6, 6.07) is 7.96. The molecule has 0 amide bonds. The summed E-state index contributed by atoms with van der Waals surface area (Å²) in [4.78, 5) is 10.8. The summed E-state index contributed by atoms with van der Waals surface area (Å²) in [5, 5.41) is 8.73. The van der Waals surface area contributed by atoms with Crippen LogP contribution in [-0.4, -0.2) is 17.2 Å². The Morgan fingerprint density at radius 2 is 2.00 bits per heavy atom. The van der Waals surface area contributed by atoms with Crippen LogP contribution >= 0.6 is 11.6 Å². The molecule has 2 aliphatic rings. The Morgan fingerprint density at radius 1 is 1.23 bits per heavy atom. The van der Waals surface area contributed by atoms with Gasteiger partial charge in [0.05, 0.1) is 17.0 Å². The van der Waals surface area contributed by atoms with E-state index in [0.29, 0.717) is 11.5 Å². The number of rotatable bonds is 4. The third-order valence-electron chi connectivity index (χ3n) is 4.60. The Balaban J connectivity index is 1.51. The number of alkyl halides is 3. The number of hydrogen-bond donors (Lipinski definition) is 1. The van der Waals surface area contributed by atoms with Crippen molar-refractivity contribution >= 4 is 17.6 Å². The number of ether oxygens (including phenoxy) is 2. The van der Waals surface area contributed by atoms with Crippen LogP contribution in [-0.2, 0) is 11.0 Å². The first kappa shape index (κ1) is 17.0. The van der Waals surface area contributed by atoms with Gasteiger partial charge in [-0.1, -0.05) is 17.7 Å². The molecule has 3 atom stereocenters. The first-order valence-corrected chi connectivity index (χ1v) is 8.19. The highest BCUT2D eigenvalue weighted by atomic mass is 35.5. The molecule has 2 aromatic carbocycles. The van der Waals surface area contributed by atoms with E-state index in [0.717, 1.165) is 17.7 Å². The number of carboxylic acids is 1. The van der Waals surface area contributed by atoms with Crippen LogP contribution in [0.5, 0.6) is 17.2 Å². The Bertz CT molecular complexity index is 896. The van der Waals surface area contributed by atoms with Gasteiger partial charge in [0, 0.05) is 23.5 Å². The maximum atomic E-state index is 12.7. The minimum atomic E-state index is -4.48. The van der Waals surface area contributed by atoms with Gasteiger partial charge < -0.3 is 14.6 Å². The normalized spacial score (nSPS) is 23.0. The molecule has 1 N–H and O–H groups in total. The second-order valence-corrected chi connectivity index (χ2v) is 6.72. The van der Waals surface area contributed by atoms with Gasteiger partial charge in [-0.05, 0) is 24.3 Å². The molecule has 1 aliphatic heterocycles. The number of carboxylic acid groups (broad SMARTS) is 1. The average Bonchev–Trinajstić information content (AvgIpc) is 3.04. The van der Waals surface area contributed by atoms with Crippen LogP contribution in [0.25, 0.3) is 0 Å².